The molecule has 0 radical (unpaired) electrons. The number of methoxy groups -OCH3 is 2. The quantitative estimate of drug-likeness (QED) is 0.631. The van der Waals surface area contributed by atoms with E-state index >= 15 is 0 Å². The van der Waals surface area contributed by atoms with Gasteiger partial charge in [0.05, 0.1) is 19.9 Å². The number of amides is 2. The van der Waals surface area contributed by atoms with E-state index in [1.54, 1.807) is 38.6 Å². The van der Waals surface area contributed by atoms with Crippen LogP contribution in [0, 0.1) is 5.92 Å². The molecule has 2 atom stereocenters. The van der Waals surface area contributed by atoms with Crippen LogP contribution in [-0.2, 0) is 9.59 Å². The van der Waals surface area contributed by atoms with Gasteiger partial charge in [0, 0.05) is 43.5 Å². The number of nitrogens with zero attached hydrogens (tertiary/aromatic N) is 2. The average Bonchev–Trinajstić information content (AvgIpc) is 3.35. The molecule has 0 aliphatic carbocycles. The second kappa shape index (κ2) is 9.97. The minimum atomic E-state index is -0.283. The van der Waals surface area contributed by atoms with Gasteiger partial charge in [-0.2, -0.15) is 0 Å². The highest BCUT2D eigenvalue weighted by Crippen LogP contribution is 2.30. The van der Waals surface area contributed by atoms with Crippen molar-refractivity contribution in [2.45, 2.75) is 31.3 Å². The molecule has 3 heterocycles. The normalized spacial score (nSPS) is 21.2. The number of ether oxygens (including phenoxy) is 2. The van der Waals surface area contributed by atoms with Gasteiger partial charge in [-0.3, -0.25) is 14.6 Å². The highest BCUT2D eigenvalue weighted by atomic mass is 16.5. The van der Waals surface area contributed by atoms with Gasteiger partial charge in [0.2, 0.25) is 11.8 Å². The molecule has 2 aromatic rings. The maximum absolute atomic E-state index is 13.0. The molecule has 1 aromatic heterocycles. The number of aromatic nitrogens is 1. The predicted octanol–water partition coefficient (Wildman–Crippen LogP) is 1.88. The number of rotatable bonds is 6. The number of carbonyl (C=O) groups excluding carboxylic acids is 2. The van der Waals surface area contributed by atoms with E-state index in [0.717, 1.165) is 5.56 Å². The number of pyridine rings is 1. The number of hydrogen-bond donors (Lipinski definition) is 3. The number of likely N-dealkylation sites (tertiary alicyclic amines) is 1. The summed E-state index contributed by atoms with van der Waals surface area (Å²) in [5.74, 6) is 1.07. The fourth-order valence-corrected chi connectivity index (χ4v) is 4.24. The number of piperidine rings is 1. The van der Waals surface area contributed by atoms with Crippen molar-refractivity contribution in [3.63, 3.8) is 0 Å². The smallest absolute Gasteiger partial charge is 0.241 e. The summed E-state index contributed by atoms with van der Waals surface area (Å²) < 4.78 is 10.6. The molecular formula is C23H29N5O4. The molecule has 9 heteroatoms. The summed E-state index contributed by atoms with van der Waals surface area (Å²) in [4.78, 5) is 31.8. The second-order valence-corrected chi connectivity index (χ2v) is 8.07. The molecule has 2 fully saturated rings. The van der Waals surface area contributed by atoms with Crippen LogP contribution in [0.3, 0.4) is 0 Å². The van der Waals surface area contributed by atoms with E-state index in [4.69, 9.17) is 9.47 Å². The van der Waals surface area contributed by atoms with Gasteiger partial charge in [0.15, 0.2) is 0 Å². The number of nitrogens with one attached hydrogen (secondary N) is 3. The fraction of sp³-hybridized carbons (Fsp3) is 0.435. The molecule has 2 amide bonds. The van der Waals surface area contributed by atoms with Gasteiger partial charge in [-0.05, 0) is 43.0 Å². The molecule has 170 valence electrons. The zero-order valence-corrected chi connectivity index (χ0v) is 18.3. The minimum absolute atomic E-state index is 0.0560. The molecule has 0 bridgehead atoms. The SMILES string of the molecule is COc1ccc(NC(=O)C2CCN(C(=O)C3CC(c4cccnc4)NN3)CC2)c(OC)c1. The summed E-state index contributed by atoms with van der Waals surface area (Å²) in [7, 11) is 3.14. The van der Waals surface area contributed by atoms with Crippen molar-refractivity contribution in [2.24, 2.45) is 5.92 Å². The molecule has 1 aromatic carbocycles. The van der Waals surface area contributed by atoms with Crippen molar-refractivity contribution in [3.05, 3.63) is 48.3 Å². The van der Waals surface area contributed by atoms with Crippen LogP contribution < -0.4 is 25.6 Å². The third-order valence-electron chi connectivity index (χ3n) is 6.13. The lowest BCUT2D eigenvalue weighted by Gasteiger charge is -2.33. The molecule has 9 nitrogen and oxygen atoms in total. The van der Waals surface area contributed by atoms with Crippen LogP contribution in [0.2, 0.25) is 0 Å². The van der Waals surface area contributed by atoms with Gasteiger partial charge in [0.25, 0.3) is 0 Å². The summed E-state index contributed by atoms with van der Waals surface area (Å²) >= 11 is 0. The molecule has 32 heavy (non-hydrogen) atoms. The van der Waals surface area contributed by atoms with Crippen LogP contribution in [-0.4, -0.2) is 55.0 Å². The van der Waals surface area contributed by atoms with Crippen molar-refractivity contribution in [1.29, 1.82) is 0 Å². The first-order chi connectivity index (χ1) is 15.6. The summed E-state index contributed by atoms with van der Waals surface area (Å²) in [5.41, 5.74) is 7.98. The first kappa shape index (κ1) is 22.0. The average molecular weight is 440 g/mol. The number of carbonyl (C=O) groups is 2. The van der Waals surface area contributed by atoms with E-state index < -0.39 is 0 Å². The number of hydrogen-bond acceptors (Lipinski definition) is 7. The Morgan fingerprint density at radius 3 is 2.62 bits per heavy atom. The van der Waals surface area contributed by atoms with Crippen molar-refractivity contribution < 1.29 is 19.1 Å². The third-order valence-corrected chi connectivity index (χ3v) is 6.13. The van der Waals surface area contributed by atoms with Crippen molar-refractivity contribution >= 4 is 17.5 Å². The number of hydrazine groups is 1. The zero-order chi connectivity index (χ0) is 22.5. The largest absolute Gasteiger partial charge is 0.497 e. The summed E-state index contributed by atoms with van der Waals surface area (Å²) in [6.45, 7) is 1.12. The van der Waals surface area contributed by atoms with Crippen LogP contribution in [0.5, 0.6) is 11.5 Å². The Balaban J connectivity index is 1.28. The Bertz CT molecular complexity index is 947. The first-order valence-corrected chi connectivity index (χ1v) is 10.8. The zero-order valence-electron chi connectivity index (χ0n) is 18.3. The summed E-state index contributed by atoms with van der Waals surface area (Å²) in [6, 6.07) is 8.95. The Morgan fingerprint density at radius 2 is 1.94 bits per heavy atom. The lowest BCUT2D eigenvalue weighted by atomic mass is 9.94. The Morgan fingerprint density at radius 1 is 1.12 bits per heavy atom. The molecular weight excluding hydrogens is 410 g/mol. The van der Waals surface area contributed by atoms with Crippen LogP contribution in [0.25, 0.3) is 0 Å². The van der Waals surface area contributed by atoms with Crippen LogP contribution in [0.1, 0.15) is 30.9 Å². The van der Waals surface area contributed by atoms with Gasteiger partial charge in [0.1, 0.15) is 17.5 Å². The molecule has 2 aliphatic heterocycles. The Kier molecular flexibility index (Phi) is 6.87. The predicted molar refractivity (Wildman–Crippen MR) is 119 cm³/mol. The molecule has 0 saturated carbocycles. The monoisotopic (exact) mass is 439 g/mol. The number of benzene rings is 1. The topological polar surface area (TPSA) is 105 Å². The van der Waals surface area contributed by atoms with Crippen LogP contribution >= 0.6 is 0 Å². The van der Waals surface area contributed by atoms with Gasteiger partial charge in [-0.25, -0.2) is 10.9 Å². The standard InChI is InChI=1S/C23H29N5O4/c1-31-17-5-6-18(21(12-17)32-2)25-22(29)15-7-10-28(11-8-15)23(30)20-13-19(26-27-20)16-4-3-9-24-14-16/h3-6,9,12,14-15,19-20,26-27H,7-8,10-11,13H2,1-2H3,(H,25,29). The van der Waals surface area contributed by atoms with Crippen LogP contribution in [0.15, 0.2) is 42.7 Å². The molecule has 2 aliphatic rings. The fourth-order valence-electron chi connectivity index (χ4n) is 4.24. The Hall–Kier alpha value is -3.17. The van der Waals surface area contributed by atoms with E-state index in [9.17, 15) is 9.59 Å². The minimum Gasteiger partial charge on any atom is -0.497 e. The summed E-state index contributed by atoms with van der Waals surface area (Å²) in [5, 5.41) is 2.95. The maximum atomic E-state index is 13.0. The Labute approximate surface area is 187 Å². The highest BCUT2D eigenvalue weighted by Gasteiger charge is 2.35. The van der Waals surface area contributed by atoms with E-state index in [2.05, 4.69) is 21.2 Å². The molecule has 2 saturated heterocycles. The van der Waals surface area contributed by atoms with Crippen molar-refractivity contribution in [3.8, 4) is 11.5 Å². The van der Waals surface area contributed by atoms with Gasteiger partial charge < -0.3 is 19.7 Å². The van der Waals surface area contributed by atoms with Crippen molar-refractivity contribution in [2.75, 3.05) is 32.6 Å². The first-order valence-electron chi connectivity index (χ1n) is 10.8. The van der Waals surface area contributed by atoms with E-state index in [-0.39, 0.29) is 29.8 Å². The lowest BCUT2D eigenvalue weighted by molar-refractivity contribution is -0.136. The van der Waals surface area contributed by atoms with Crippen LogP contribution in [0.4, 0.5) is 5.69 Å². The lowest BCUT2D eigenvalue weighted by Crippen LogP contribution is -2.49. The van der Waals surface area contributed by atoms with Gasteiger partial charge in [-0.15, -0.1) is 0 Å². The number of anilines is 1. The molecule has 2 unspecified atom stereocenters. The van der Waals surface area contributed by atoms with Crippen molar-refractivity contribution in [1.82, 2.24) is 20.7 Å². The summed E-state index contributed by atoms with van der Waals surface area (Å²) in [6.07, 6.45) is 5.47. The van der Waals surface area contributed by atoms with E-state index in [1.165, 1.54) is 0 Å². The molecule has 4 rings (SSSR count). The maximum Gasteiger partial charge on any atom is 0.241 e. The second-order valence-electron chi connectivity index (χ2n) is 8.07. The third kappa shape index (κ3) is 4.84. The van der Waals surface area contributed by atoms with E-state index in [0.29, 0.717) is 49.5 Å². The van der Waals surface area contributed by atoms with E-state index in [1.807, 2.05) is 23.2 Å². The highest BCUT2D eigenvalue weighted by molar-refractivity contribution is 5.94. The molecule has 0 spiro atoms. The van der Waals surface area contributed by atoms with Gasteiger partial charge in [-0.1, -0.05) is 6.07 Å². The molecule has 3 N–H and O–H groups in total. The van der Waals surface area contributed by atoms with Gasteiger partial charge >= 0.3 is 0 Å².